The molecule has 2 aromatic heterocycles. The summed E-state index contributed by atoms with van der Waals surface area (Å²) in [5.74, 6) is 1.52. The number of fused-ring (bicyclic) bond motifs is 3. The highest BCUT2D eigenvalue weighted by Crippen LogP contribution is 2.37. The molecule has 0 spiro atoms. The highest BCUT2D eigenvalue weighted by atomic mass is 16.3. The maximum absolute atomic E-state index is 12.9. The summed E-state index contributed by atoms with van der Waals surface area (Å²) in [4.78, 5) is 26.6. The molecule has 3 aliphatic rings. The summed E-state index contributed by atoms with van der Waals surface area (Å²) >= 11 is 0. The number of hydrogen-bond donors (Lipinski definition) is 4. The van der Waals surface area contributed by atoms with E-state index < -0.39 is 6.10 Å². The van der Waals surface area contributed by atoms with Crippen LogP contribution in [-0.2, 0) is 4.79 Å². The first-order valence-electron chi connectivity index (χ1n) is 13.1. The Morgan fingerprint density at radius 2 is 1.97 bits per heavy atom. The molecular formula is C25H39N9O2. The number of piperidine rings is 1. The molecule has 36 heavy (non-hydrogen) atoms. The molecule has 5 heterocycles. The fourth-order valence-corrected chi connectivity index (χ4v) is 5.73. The molecule has 2 bridgehead atoms. The van der Waals surface area contributed by atoms with Gasteiger partial charge < -0.3 is 30.9 Å². The van der Waals surface area contributed by atoms with E-state index in [1.54, 1.807) is 10.6 Å². The number of anilines is 2. The third-order valence-electron chi connectivity index (χ3n) is 7.57. The van der Waals surface area contributed by atoms with E-state index >= 15 is 0 Å². The van der Waals surface area contributed by atoms with Gasteiger partial charge in [0, 0.05) is 49.4 Å². The molecule has 196 valence electrons. The zero-order chi connectivity index (χ0) is 25.4. The van der Waals surface area contributed by atoms with Crippen LogP contribution in [-0.4, -0.2) is 104 Å². The quantitative estimate of drug-likeness (QED) is 0.396. The number of aromatic nitrogens is 4. The lowest BCUT2D eigenvalue weighted by Crippen LogP contribution is -2.49. The van der Waals surface area contributed by atoms with Crippen LogP contribution in [0.3, 0.4) is 0 Å². The Labute approximate surface area is 212 Å². The maximum atomic E-state index is 12.9. The number of amides is 1. The highest BCUT2D eigenvalue weighted by Gasteiger charge is 2.42. The van der Waals surface area contributed by atoms with Gasteiger partial charge in [0.15, 0.2) is 5.65 Å². The molecule has 3 aliphatic heterocycles. The first-order chi connectivity index (χ1) is 17.3. The van der Waals surface area contributed by atoms with Gasteiger partial charge in [-0.25, -0.2) is 0 Å². The van der Waals surface area contributed by atoms with Crippen LogP contribution in [0, 0.1) is 0 Å². The normalized spacial score (nSPS) is 28.2. The standard InChI is InChI=1S/C25H39N9O2/c1-15(2)19-12-27-34-23(19)30-24(29-20-13-26-14-21(20)35)31-25(34)28-16-10-17-7-8-18(11-16)33(17)22(36)6-5-9-32(3)4/h5-6,12,15-18,20-21,26,35H,7-11,13-14H2,1-4H3,(H2,28,29,30,31)/b6-5+/t16?,17?,18?,20-,21+/m1/s1. The predicted molar refractivity (Wildman–Crippen MR) is 139 cm³/mol. The van der Waals surface area contributed by atoms with Gasteiger partial charge >= 0.3 is 0 Å². The first-order valence-corrected chi connectivity index (χ1v) is 13.1. The van der Waals surface area contributed by atoms with Crippen LogP contribution in [0.5, 0.6) is 0 Å². The van der Waals surface area contributed by atoms with Gasteiger partial charge in [0.05, 0.1) is 18.3 Å². The molecule has 0 radical (unpaired) electrons. The molecular weight excluding hydrogens is 458 g/mol. The minimum Gasteiger partial charge on any atom is -0.390 e. The Hall–Kier alpha value is -2.76. The van der Waals surface area contributed by atoms with Gasteiger partial charge in [-0.05, 0) is 45.7 Å². The smallest absolute Gasteiger partial charge is 0.246 e. The molecule has 1 amide bonds. The van der Waals surface area contributed by atoms with E-state index in [0.29, 0.717) is 25.0 Å². The molecule has 4 atom stereocenters. The van der Waals surface area contributed by atoms with Crippen LogP contribution in [0.2, 0.25) is 0 Å². The number of carbonyl (C=O) groups is 1. The van der Waals surface area contributed by atoms with Gasteiger partial charge in [-0.15, -0.1) is 0 Å². The van der Waals surface area contributed by atoms with Crippen molar-refractivity contribution in [2.24, 2.45) is 0 Å². The number of aliphatic hydroxyl groups is 1. The summed E-state index contributed by atoms with van der Waals surface area (Å²) in [7, 11) is 3.99. The van der Waals surface area contributed by atoms with E-state index in [1.165, 1.54) is 0 Å². The van der Waals surface area contributed by atoms with Crippen molar-refractivity contribution in [2.45, 2.75) is 75.7 Å². The van der Waals surface area contributed by atoms with E-state index in [-0.39, 0.29) is 36.0 Å². The topological polar surface area (TPSA) is 123 Å². The number of aliphatic hydroxyl groups excluding tert-OH is 1. The Morgan fingerprint density at radius 1 is 1.22 bits per heavy atom. The van der Waals surface area contributed by atoms with Gasteiger partial charge in [0.25, 0.3) is 0 Å². The summed E-state index contributed by atoms with van der Waals surface area (Å²) in [5.41, 5.74) is 1.82. The van der Waals surface area contributed by atoms with Crippen LogP contribution < -0.4 is 16.0 Å². The number of carbonyl (C=O) groups excluding carboxylic acids is 1. The van der Waals surface area contributed by atoms with Crippen molar-refractivity contribution in [1.29, 1.82) is 0 Å². The van der Waals surface area contributed by atoms with Gasteiger partial charge in [0.2, 0.25) is 17.8 Å². The van der Waals surface area contributed by atoms with E-state index in [0.717, 1.165) is 43.4 Å². The zero-order valence-corrected chi connectivity index (χ0v) is 21.7. The zero-order valence-electron chi connectivity index (χ0n) is 21.7. The average molecular weight is 498 g/mol. The van der Waals surface area contributed by atoms with Crippen molar-refractivity contribution in [3.8, 4) is 0 Å². The largest absolute Gasteiger partial charge is 0.390 e. The van der Waals surface area contributed by atoms with Gasteiger partial charge in [-0.1, -0.05) is 19.9 Å². The molecule has 2 unspecified atom stereocenters. The van der Waals surface area contributed by atoms with Gasteiger partial charge in [-0.2, -0.15) is 19.6 Å². The minimum atomic E-state index is -0.486. The number of β-amino-alcohol motifs (C(OH)–C–C–N with tert-alkyl or cyclic N) is 1. The number of rotatable bonds is 8. The van der Waals surface area contributed by atoms with E-state index in [9.17, 15) is 9.90 Å². The Kier molecular flexibility index (Phi) is 7.14. The number of nitrogens with zero attached hydrogens (tertiary/aromatic N) is 6. The SMILES string of the molecule is CC(C)c1cnn2c(NC3CC4CCC(C3)N4C(=O)/C=C/CN(C)C)nc(N[C@@H]3CNC[C@@H]3O)nc12. The summed E-state index contributed by atoms with van der Waals surface area (Å²) in [6.07, 6.45) is 8.87. The molecule has 3 saturated heterocycles. The lowest BCUT2D eigenvalue weighted by atomic mass is 9.97. The minimum absolute atomic E-state index is 0.121. The van der Waals surface area contributed by atoms with Crippen LogP contribution in [0.15, 0.2) is 18.3 Å². The lowest BCUT2D eigenvalue weighted by Gasteiger charge is -2.38. The summed E-state index contributed by atoms with van der Waals surface area (Å²) in [6.45, 7) is 6.23. The number of hydrogen-bond acceptors (Lipinski definition) is 9. The second kappa shape index (κ2) is 10.3. The van der Waals surface area contributed by atoms with Crippen molar-refractivity contribution >= 4 is 23.5 Å². The van der Waals surface area contributed by atoms with E-state index in [2.05, 4.69) is 39.8 Å². The molecule has 0 aromatic carbocycles. The molecule has 11 nitrogen and oxygen atoms in total. The van der Waals surface area contributed by atoms with Crippen molar-refractivity contribution < 1.29 is 9.90 Å². The monoisotopic (exact) mass is 497 g/mol. The Morgan fingerprint density at radius 3 is 2.61 bits per heavy atom. The van der Waals surface area contributed by atoms with Crippen LogP contribution in [0.1, 0.15) is 51.0 Å². The van der Waals surface area contributed by atoms with Crippen molar-refractivity contribution in [1.82, 2.24) is 34.7 Å². The van der Waals surface area contributed by atoms with E-state index in [4.69, 9.17) is 9.97 Å². The molecule has 5 rings (SSSR count). The fourth-order valence-electron chi connectivity index (χ4n) is 5.73. The average Bonchev–Trinajstić information content (AvgIpc) is 3.50. The second-order valence-corrected chi connectivity index (χ2v) is 10.9. The second-order valence-electron chi connectivity index (χ2n) is 10.9. The third kappa shape index (κ3) is 5.05. The van der Waals surface area contributed by atoms with Gasteiger partial charge in [-0.3, -0.25) is 4.79 Å². The van der Waals surface area contributed by atoms with Gasteiger partial charge in [0.1, 0.15) is 0 Å². The van der Waals surface area contributed by atoms with Crippen molar-refractivity contribution in [3.05, 3.63) is 23.9 Å². The summed E-state index contributed by atoms with van der Waals surface area (Å²) in [5, 5.41) is 25.0. The third-order valence-corrected chi connectivity index (χ3v) is 7.57. The summed E-state index contributed by atoms with van der Waals surface area (Å²) < 4.78 is 1.78. The van der Waals surface area contributed by atoms with Crippen LogP contribution in [0.4, 0.5) is 11.9 Å². The van der Waals surface area contributed by atoms with Crippen molar-refractivity contribution in [2.75, 3.05) is 44.4 Å². The lowest BCUT2D eigenvalue weighted by molar-refractivity contribution is -0.130. The number of nitrogens with one attached hydrogen (secondary N) is 3. The van der Waals surface area contributed by atoms with Crippen molar-refractivity contribution in [3.63, 3.8) is 0 Å². The first kappa shape index (κ1) is 24.9. The molecule has 0 saturated carbocycles. The Balaban J connectivity index is 1.35. The number of likely N-dealkylation sites (N-methyl/N-ethyl adjacent to an activating group) is 1. The molecule has 2 aromatic rings. The molecule has 3 fully saturated rings. The van der Waals surface area contributed by atoms with Crippen LogP contribution in [0.25, 0.3) is 5.65 Å². The Bertz CT molecular complexity index is 1100. The van der Waals surface area contributed by atoms with E-state index in [1.807, 2.05) is 31.3 Å². The predicted octanol–water partition coefficient (Wildman–Crippen LogP) is 1.04. The summed E-state index contributed by atoms with van der Waals surface area (Å²) in [6, 6.07) is 0.512. The molecule has 4 N–H and O–H groups in total. The van der Waals surface area contributed by atoms with Crippen LogP contribution >= 0.6 is 0 Å². The fraction of sp³-hybridized carbons (Fsp3) is 0.680. The molecule has 0 aliphatic carbocycles. The maximum Gasteiger partial charge on any atom is 0.246 e. The highest BCUT2D eigenvalue weighted by molar-refractivity contribution is 5.88. The molecule has 11 heteroatoms.